The van der Waals surface area contributed by atoms with Gasteiger partial charge >= 0.3 is 0 Å². The summed E-state index contributed by atoms with van der Waals surface area (Å²) in [6.07, 6.45) is 0. The molecule has 0 heterocycles. The number of nitrogens with two attached hydrogens (primary N) is 1. The van der Waals surface area contributed by atoms with Crippen molar-refractivity contribution >= 4 is 23.2 Å². The van der Waals surface area contributed by atoms with E-state index in [9.17, 15) is 9.59 Å². The number of ether oxygens (including phenoxy) is 1. The Balaban J connectivity index is 2.25. The third-order valence-electron chi connectivity index (χ3n) is 2.97. The van der Waals surface area contributed by atoms with Crippen molar-refractivity contribution in [2.75, 3.05) is 24.3 Å². The second-order valence-corrected chi connectivity index (χ2v) is 4.48. The van der Waals surface area contributed by atoms with Gasteiger partial charge in [0, 0.05) is 11.6 Å². The molecule has 4 N–H and O–H groups in total. The van der Waals surface area contributed by atoms with Crippen LogP contribution in [0.2, 0.25) is 0 Å². The number of carbonyl (C=O) groups excluding carboxylic acids is 2. The van der Waals surface area contributed by atoms with Gasteiger partial charge in [-0.25, -0.2) is 0 Å². The molecule has 0 radical (unpaired) electrons. The van der Waals surface area contributed by atoms with Crippen LogP contribution in [0.25, 0.3) is 0 Å². The maximum atomic E-state index is 12.2. The zero-order chi connectivity index (χ0) is 15.9. The minimum absolute atomic E-state index is 0.150. The van der Waals surface area contributed by atoms with E-state index >= 15 is 0 Å². The van der Waals surface area contributed by atoms with E-state index in [2.05, 4.69) is 10.6 Å². The second kappa shape index (κ2) is 7.24. The number of anilines is 2. The van der Waals surface area contributed by atoms with Crippen molar-refractivity contribution in [2.24, 2.45) is 5.73 Å². The lowest BCUT2D eigenvalue weighted by atomic mass is 10.2. The quantitative estimate of drug-likeness (QED) is 0.785. The highest BCUT2D eigenvalue weighted by Crippen LogP contribution is 2.27. The van der Waals surface area contributed by atoms with E-state index in [1.54, 1.807) is 42.5 Å². The molecule has 22 heavy (non-hydrogen) atoms. The van der Waals surface area contributed by atoms with Crippen molar-refractivity contribution in [1.82, 2.24) is 0 Å². The van der Waals surface area contributed by atoms with Gasteiger partial charge in [-0.3, -0.25) is 9.59 Å². The third-order valence-corrected chi connectivity index (χ3v) is 2.97. The number of rotatable bonds is 5. The van der Waals surface area contributed by atoms with Crippen LogP contribution < -0.4 is 21.1 Å². The normalized spacial score (nSPS) is 9.91. The Morgan fingerprint density at radius 1 is 1.05 bits per heavy atom. The summed E-state index contributed by atoms with van der Waals surface area (Å²) in [6, 6.07) is 13.8. The molecule has 2 amide bonds. The molecule has 2 aromatic carbocycles. The Labute approximate surface area is 128 Å². The molecule has 0 aliphatic carbocycles. The van der Waals surface area contributed by atoms with E-state index in [1.165, 1.54) is 7.11 Å². The van der Waals surface area contributed by atoms with Gasteiger partial charge in [0.15, 0.2) is 0 Å². The van der Waals surface area contributed by atoms with Crippen molar-refractivity contribution in [3.8, 4) is 5.75 Å². The molecular formula is C16H17N3O3. The van der Waals surface area contributed by atoms with Gasteiger partial charge in [0.05, 0.1) is 25.0 Å². The van der Waals surface area contributed by atoms with Crippen LogP contribution in [0.15, 0.2) is 48.5 Å². The highest BCUT2D eigenvalue weighted by molar-refractivity contribution is 6.07. The minimum Gasteiger partial charge on any atom is -0.497 e. The first-order valence-electron chi connectivity index (χ1n) is 6.68. The molecule has 0 bridgehead atoms. The summed E-state index contributed by atoms with van der Waals surface area (Å²) in [6.45, 7) is -0.150. The van der Waals surface area contributed by atoms with E-state index in [-0.39, 0.29) is 18.4 Å². The minimum atomic E-state index is -0.358. The van der Waals surface area contributed by atoms with Gasteiger partial charge < -0.3 is 21.1 Å². The van der Waals surface area contributed by atoms with Crippen LogP contribution in [-0.4, -0.2) is 25.5 Å². The first-order chi connectivity index (χ1) is 10.6. The summed E-state index contributed by atoms with van der Waals surface area (Å²) in [5, 5.41) is 5.39. The van der Waals surface area contributed by atoms with Crippen LogP contribution in [0.1, 0.15) is 10.4 Å². The Morgan fingerprint density at radius 2 is 1.77 bits per heavy atom. The first kappa shape index (κ1) is 15.5. The number of carbonyl (C=O) groups is 2. The van der Waals surface area contributed by atoms with E-state index in [0.29, 0.717) is 22.7 Å². The Bertz CT molecular complexity index is 672. The van der Waals surface area contributed by atoms with E-state index in [1.807, 2.05) is 6.07 Å². The molecule has 114 valence electrons. The number of benzene rings is 2. The first-order valence-corrected chi connectivity index (χ1v) is 6.68. The van der Waals surface area contributed by atoms with Gasteiger partial charge in [-0.05, 0) is 24.3 Å². The predicted molar refractivity (Wildman–Crippen MR) is 85.1 cm³/mol. The van der Waals surface area contributed by atoms with E-state index in [4.69, 9.17) is 10.5 Å². The van der Waals surface area contributed by atoms with Crippen LogP contribution in [0, 0.1) is 0 Å². The molecule has 0 atom stereocenters. The largest absolute Gasteiger partial charge is 0.497 e. The molecule has 0 spiro atoms. The van der Waals surface area contributed by atoms with Crippen molar-refractivity contribution in [3.05, 3.63) is 54.1 Å². The maximum absolute atomic E-state index is 12.2. The molecule has 6 nitrogen and oxygen atoms in total. The maximum Gasteiger partial charge on any atom is 0.255 e. The fraction of sp³-hybridized carbons (Fsp3) is 0.125. The topological polar surface area (TPSA) is 93.5 Å². The molecule has 2 aromatic rings. The van der Waals surface area contributed by atoms with Gasteiger partial charge in [-0.1, -0.05) is 18.2 Å². The molecule has 2 rings (SSSR count). The second-order valence-electron chi connectivity index (χ2n) is 4.48. The highest BCUT2D eigenvalue weighted by Gasteiger charge is 2.11. The fourth-order valence-electron chi connectivity index (χ4n) is 1.85. The number of methoxy groups -OCH3 is 1. The summed E-state index contributed by atoms with van der Waals surface area (Å²) in [7, 11) is 1.52. The van der Waals surface area contributed by atoms with E-state index < -0.39 is 0 Å². The average Bonchev–Trinajstić information content (AvgIpc) is 2.56. The highest BCUT2D eigenvalue weighted by atomic mass is 16.5. The summed E-state index contributed by atoms with van der Waals surface area (Å²) < 4.78 is 5.12. The SMILES string of the molecule is COc1ccc(NC(=O)c2ccccc2)c(NC(=O)CN)c1. The lowest BCUT2D eigenvalue weighted by Crippen LogP contribution is -2.23. The van der Waals surface area contributed by atoms with Crippen molar-refractivity contribution in [1.29, 1.82) is 0 Å². The van der Waals surface area contributed by atoms with Crippen LogP contribution in [0.4, 0.5) is 11.4 Å². The zero-order valence-electron chi connectivity index (χ0n) is 12.1. The van der Waals surface area contributed by atoms with Crippen molar-refractivity contribution in [3.63, 3.8) is 0 Å². The monoisotopic (exact) mass is 299 g/mol. The molecule has 0 saturated heterocycles. The molecule has 6 heteroatoms. The molecule has 0 aliphatic heterocycles. The molecule has 0 unspecified atom stereocenters. The smallest absolute Gasteiger partial charge is 0.255 e. The number of nitrogens with one attached hydrogen (secondary N) is 2. The molecule has 0 aromatic heterocycles. The van der Waals surface area contributed by atoms with E-state index in [0.717, 1.165) is 0 Å². The predicted octanol–water partition coefficient (Wildman–Crippen LogP) is 1.84. The van der Waals surface area contributed by atoms with Crippen molar-refractivity contribution in [2.45, 2.75) is 0 Å². The van der Waals surface area contributed by atoms with Crippen LogP contribution in [-0.2, 0) is 4.79 Å². The Hall–Kier alpha value is -2.86. The average molecular weight is 299 g/mol. The standard InChI is InChI=1S/C16H17N3O3/c1-22-12-7-8-13(14(9-12)18-15(20)10-17)19-16(21)11-5-3-2-4-6-11/h2-9H,10,17H2,1H3,(H,18,20)(H,19,21). The lowest BCUT2D eigenvalue weighted by molar-refractivity contribution is -0.114. The van der Waals surface area contributed by atoms with Crippen LogP contribution in [0.3, 0.4) is 0 Å². The van der Waals surface area contributed by atoms with Gasteiger partial charge in [0.25, 0.3) is 5.91 Å². The lowest BCUT2D eigenvalue weighted by Gasteiger charge is -2.13. The Kier molecular flexibility index (Phi) is 5.11. The summed E-state index contributed by atoms with van der Waals surface area (Å²) in [5.41, 5.74) is 6.72. The van der Waals surface area contributed by atoms with Gasteiger partial charge in [0.1, 0.15) is 5.75 Å². The molecular weight excluding hydrogens is 282 g/mol. The summed E-state index contributed by atoms with van der Waals surface area (Å²) in [4.78, 5) is 23.7. The zero-order valence-corrected chi connectivity index (χ0v) is 12.1. The summed E-state index contributed by atoms with van der Waals surface area (Å²) in [5.74, 6) is -0.0671. The van der Waals surface area contributed by atoms with Gasteiger partial charge in [-0.2, -0.15) is 0 Å². The summed E-state index contributed by atoms with van der Waals surface area (Å²) >= 11 is 0. The van der Waals surface area contributed by atoms with Crippen LogP contribution in [0.5, 0.6) is 5.75 Å². The van der Waals surface area contributed by atoms with Crippen molar-refractivity contribution < 1.29 is 14.3 Å². The van der Waals surface area contributed by atoms with Crippen LogP contribution >= 0.6 is 0 Å². The molecule has 0 fully saturated rings. The molecule has 0 aliphatic rings. The third kappa shape index (κ3) is 3.83. The van der Waals surface area contributed by atoms with Gasteiger partial charge in [0.2, 0.25) is 5.91 Å². The number of amides is 2. The fourth-order valence-corrected chi connectivity index (χ4v) is 1.85. The van der Waals surface area contributed by atoms with Gasteiger partial charge in [-0.15, -0.1) is 0 Å². The number of hydrogen-bond donors (Lipinski definition) is 3. The Morgan fingerprint density at radius 3 is 2.41 bits per heavy atom. The molecule has 0 saturated carbocycles. The number of hydrogen-bond acceptors (Lipinski definition) is 4.